The van der Waals surface area contributed by atoms with Gasteiger partial charge in [0.25, 0.3) is 10.2 Å². The van der Waals surface area contributed by atoms with Crippen molar-refractivity contribution in [2.75, 3.05) is 19.7 Å². The molecule has 20 heavy (non-hydrogen) atoms. The van der Waals surface area contributed by atoms with Crippen LogP contribution in [0.25, 0.3) is 0 Å². The van der Waals surface area contributed by atoms with Gasteiger partial charge in [0, 0.05) is 26.1 Å². The molecule has 2 heterocycles. The lowest BCUT2D eigenvalue weighted by Gasteiger charge is -2.30. The van der Waals surface area contributed by atoms with Crippen molar-refractivity contribution in [3.05, 3.63) is 17.8 Å². The van der Waals surface area contributed by atoms with Crippen molar-refractivity contribution in [2.45, 2.75) is 32.7 Å². The van der Waals surface area contributed by atoms with Crippen LogP contribution in [0.2, 0.25) is 0 Å². The molecule has 0 saturated carbocycles. The Labute approximate surface area is 119 Å². The van der Waals surface area contributed by atoms with Gasteiger partial charge in [-0.3, -0.25) is 0 Å². The Morgan fingerprint density at radius 3 is 2.75 bits per heavy atom. The lowest BCUT2D eigenvalue weighted by Crippen LogP contribution is -2.45. The molecular formula is C12H21N3O4S. The zero-order chi connectivity index (χ0) is 14.6. The first kappa shape index (κ1) is 15.4. The first-order chi connectivity index (χ1) is 9.55. The lowest BCUT2D eigenvalue weighted by molar-refractivity contribution is 0.169. The maximum Gasteiger partial charge on any atom is 0.279 e. The number of nitrogens with one attached hydrogen (secondary N) is 1. The van der Waals surface area contributed by atoms with Crippen LogP contribution in [0.4, 0.5) is 0 Å². The Morgan fingerprint density at radius 2 is 2.20 bits per heavy atom. The summed E-state index contributed by atoms with van der Waals surface area (Å²) in [5, 5.41) is 9.05. The van der Waals surface area contributed by atoms with Crippen molar-refractivity contribution in [1.82, 2.24) is 14.0 Å². The van der Waals surface area contributed by atoms with E-state index < -0.39 is 10.2 Å². The quantitative estimate of drug-likeness (QED) is 0.787. The van der Waals surface area contributed by atoms with E-state index in [-0.39, 0.29) is 19.1 Å². The number of aryl methyl sites for hydroxylation is 1. The van der Waals surface area contributed by atoms with Gasteiger partial charge in [0.15, 0.2) is 0 Å². The molecule has 2 N–H and O–H groups in total. The van der Waals surface area contributed by atoms with Crippen LogP contribution < -0.4 is 4.72 Å². The molecule has 1 aliphatic heterocycles. The van der Waals surface area contributed by atoms with Crippen molar-refractivity contribution < 1.29 is 17.9 Å². The fraction of sp³-hybridized carbons (Fsp3) is 0.750. The van der Waals surface area contributed by atoms with Crippen molar-refractivity contribution in [1.29, 1.82) is 0 Å². The second-order valence-electron chi connectivity index (χ2n) is 4.93. The molecule has 1 aromatic rings. The summed E-state index contributed by atoms with van der Waals surface area (Å²) in [6, 6.07) is 0. The zero-order valence-electron chi connectivity index (χ0n) is 11.6. The van der Waals surface area contributed by atoms with Crippen LogP contribution in [0, 0.1) is 5.92 Å². The fourth-order valence-corrected chi connectivity index (χ4v) is 3.35. The largest absolute Gasteiger partial charge is 0.444 e. The highest BCUT2D eigenvalue weighted by atomic mass is 32.2. The van der Waals surface area contributed by atoms with E-state index in [1.165, 1.54) is 4.31 Å². The molecular weight excluding hydrogens is 282 g/mol. The number of rotatable bonds is 6. The minimum Gasteiger partial charge on any atom is -0.444 e. The molecule has 1 saturated heterocycles. The number of nitrogens with zero attached hydrogens (tertiary/aromatic N) is 2. The third-order valence-electron chi connectivity index (χ3n) is 3.53. The number of oxazole rings is 1. The summed E-state index contributed by atoms with van der Waals surface area (Å²) in [5.41, 5.74) is 0. The Balaban J connectivity index is 1.88. The van der Waals surface area contributed by atoms with Gasteiger partial charge >= 0.3 is 0 Å². The van der Waals surface area contributed by atoms with Crippen LogP contribution >= 0.6 is 0 Å². The smallest absolute Gasteiger partial charge is 0.279 e. The van der Waals surface area contributed by atoms with Gasteiger partial charge in [-0.15, -0.1) is 0 Å². The van der Waals surface area contributed by atoms with Crippen molar-refractivity contribution >= 4 is 10.2 Å². The van der Waals surface area contributed by atoms with E-state index in [9.17, 15) is 8.42 Å². The number of aliphatic hydroxyl groups is 1. The Kier molecular flexibility index (Phi) is 5.14. The third kappa shape index (κ3) is 3.78. The first-order valence-corrected chi connectivity index (χ1v) is 8.28. The molecule has 0 bridgehead atoms. The van der Waals surface area contributed by atoms with Crippen molar-refractivity contribution in [3.8, 4) is 0 Å². The minimum absolute atomic E-state index is 0.0578. The zero-order valence-corrected chi connectivity index (χ0v) is 12.4. The Bertz CT molecular complexity index is 521. The van der Waals surface area contributed by atoms with Gasteiger partial charge in [0.05, 0.1) is 12.7 Å². The third-order valence-corrected chi connectivity index (χ3v) is 5.08. The fourth-order valence-electron chi connectivity index (χ4n) is 2.17. The van der Waals surface area contributed by atoms with Gasteiger partial charge in [-0.1, -0.05) is 6.92 Å². The molecule has 1 aliphatic rings. The van der Waals surface area contributed by atoms with Gasteiger partial charge in [-0.05, 0) is 18.8 Å². The van der Waals surface area contributed by atoms with Crippen LogP contribution in [-0.2, 0) is 23.2 Å². The van der Waals surface area contributed by atoms with E-state index in [1.54, 1.807) is 6.20 Å². The van der Waals surface area contributed by atoms with E-state index in [2.05, 4.69) is 9.71 Å². The molecule has 0 radical (unpaired) electrons. The van der Waals surface area contributed by atoms with Crippen molar-refractivity contribution in [2.24, 2.45) is 5.92 Å². The summed E-state index contributed by atoms with van der Waals surface area (Å²) in [7, 11) is -3.51. The summed E-state index contributed by atoms with van der Waals surface area (Å²) in [4.78, 5) is 4.02. The molecule has 0 unspecified atom stereocenters. The SMILES string of the molecule is CCc1cnc(CNS(=O)(=O)N2CCC(CO)CC2)o1. The number of hydrogen-bond donors (Lipinski definition) is 2. The van der Waals surface area contributed by atoms with Crippen LogP contribution in [-0.4, -0.2) is 42.5 Å². The molecule has 1 fully saturated rings. The first-order valence-electron chi connectivity index (χ1n) is 6.84. The summed E-state index contributed by atoms with van der Waals surface area (Å²) in [6.45, 7) is 3.00. The standard InChI is InChI=1S/C12H21N3O4S/c1-2-11-7-13-12(19-11)8-14-20(17,18)15-5-3-10(9-16)4-6-15/h7,10,14,16H,2-6,8-9H2,1H3. The average Bonchev–Trinajstić information content (AvgIpc) is 2.93. The van der Waals surface area contributed by atoms with E-state index >= 15 is 0 Å². The highest BCUT2D eigenvalue weighted by Gasteiger charge is 2.27. The van der Waals surface area contributed by atoms with E-state index in [0.717, 1.165) is 12.2 Å². The molecule has 0 aliphatic carbocycles. The molecule has 1 aromatic heterocycles. The molecule has 7 nitrogen and oxygen atoms in total. The van der Waals surface area contributed by atoms with Gasteiger partial charge in [0.2, 0.25) is 5.89 Å². The number of aliphatic hydroxyl groups excluding tert-OH is 1. The van der Waals surface area contributed by atoms with Crippen LogP contribution in [0.1, 0.15) is 31.4 Å². The van der Waals surface area contributed by atoms with E-state index in [0.29, 0.717) is 31.8 Å². The van der Waals surface area contributed by atoms with Crippen LogP contribution in [0.3, 0.4) is 0 Å². The van der Waals surface area contributed by atoms with E-state index in [1.807, 2.05) is 6.92 Å². The topological polar surface area (TPSA) is 95.7 Å². The Morgan fingerprint density at radius 1 is 1.50 bits per heavy atom. The minimum atomic E-state index is -3.51. The summed E-state index contributed by atoms with van der Waals surface area (Å²) >= 11 is 0. The molecule has 0 spiro atoms. The molecule has 114 valence electrons. The predicted molar refractivity (Wildman–Crippen MR) is 73.0 cm³/mol. The summed E-state index contributed by atoms with van der Waals surface area (Å²) in [6.07, 6.45) is 3.72. The lowest BCUT2D eigenvalue weighted by atomic mass is 10.00. The van der Waals surface area contributed by atoms with E-state index in [4.69, 9.17) is 9.52 Å². The predicted octanol–water partition coefficient (Wildman–Crippen LogP) is 0.276. The molecule has 0 atom stereocenters. The number of aromatic nitrogens is 1. The second kappa shape index (κ2) is 6.66. The van der Waals surface area contributed by atoms with Crippen molar-refractivity contribution in [3.63, 3.8) is 0 Å². The second-order valence-corrected chi connectivity index (χ2v) is 6.68. The highest BCUT2D eigenvalue weighted by molar-refractivity contribution is 7.87. The van der Waals surface area contributed by atoms with Gasteiger partial charge in [-0.2, -0.15) is 17.4 Å². The average molecular weight is 303 g/mol. The molecule has 2 rings (SSSR count). The highest BCUT2D eigenvalue weighted by Crippen LogP contribution is 2.18. The maximum absolute atomic E-state index is 12.1. The molecule has 8 heteroatoms. The number of piperidine rings is 1. The molecule has 0 amide bonds. The number of hydrogen-bond acceptors (Lipinski definition) is 5. The monoisotopic (exact) mass is 303 g/mol. The Hall–Kier alpha value is -0.960. The maximum atomic E-state index is 12.1. The summed E-state index contributed by atoms with van der Waals surface area (Å²) in [5.74, 6) is 1.32. The van der Waals surface area contributed by atoms with Crippen LogP contribution in [0.5, 0.6) is 0 Å². The van der Waals surface area contributed by atoms with Crippen LogP contribution in [0.15, 0.2) is 10.6 Å². The summed E-state index contributed by atoms with van der Waals surface area (Å²) < 4.78 is 33.5. The van der Waals surface area contributed by atoms with Gasteiger partial charge in [0.1, 0.15) is 5.76 Å². The molecule has 0 aromatic carbocycles. The normalized spacial score (nSPS) is 18.5. The van der Waals surface area contributed by atoms with Gasteiger partial charge in [-0.25, -0.2) is 4.98 Å². The van der Waals surface area contributed by atoms with Gasteiger partial charge < -0.3 is 9.52 Å².